The number of carbonyl (C=O) groups is 2. The second kappa shape index (κ2) is 5.59. The summed E-state index contributed by atoms with van der Waals surface area (Å²) in [5, 5.41) is 21.3. The highest BCUT2D eigenvalue weighted by Gasteiger charge is 2.39. The second-order valence-corrected chi connectivity index (χ2v) is 6.68. The summed E-state index contributed by atoms with van der Waals surface area (Å²) in [5.41, 5.74) is 0.919. The number of nitrogens with zero attached hydrogens (tertiary/aromatic N) is 2. The smallest absolute Gasteiger partial charge is 0.231 e. The molecule has 5 rings (SSSR count). The standard InChI is InChI=1S/C20H14N2O6/c1-9-2-4-11-16(21-9)18(24)15-14(17(11)23)19(25)22(20(15)26)7-10-3-5-12-13(6-10)28-8-27-12/h2-6,25-26H,7-8H2,1H3. The average molecular weight is 378 g/mol. The molecule has 8 heteroatoms. The number of pyridine rings is 1. The van der Waals surface area contributed by atoms with Gasteiger partial charge < -0.3 is 19.7 Å². The molecule has 8 nitrogen and oxygen atoms in total. The van der Waals surface area contributed by atoms with Crippen LogP contribution >= 0.6 is 0 Å². The van der Waals surface area contributed by atoms with Crippen molar-refractivity contribution in [2.45, 2.75) is 13.5 Å². The number of hydrogen-bond donors (Lipinski definition) is 2. The maximum Gasteiger partial charge on any atom is 0.231 e. The third-order valence-electron chi connectivity index (χ3n) is 4.93. The first-order valence-corrected chi connectivity index (χ1v) is 8.55. The molecule has 1 aromatic carbocycles. The van der Waals surface area contributed by atoms with Gasteiger partial charge >= 0.3 is 0 Å². The molecule has 0 atom stereocenters. The van der Waals surface area contributed by atoms with Crippen molar-refractivity contribution >= 4 is 11.6 Å². The number of rotatable bonds is 2. The van der Waals surface area contributed by atoms with Crippen molar-refractivity contribution in [3.05, 3.63) is 64.0 Å². The highest BCUT2D eigenvalue weighted by molar-refractivity contribution is 6.29. The zero-order valence-corrected chi connectivity index (χ0v) is 14.7. The van der Waals surface area contributed by atoms with E-state index in [2.05, 4.69) is 4.98 Å². The van der Waals surface area contributed by atoms with Crippen molar-refractivity contribution in [1.29, 1.82) is 0 Å². The van der Waals surface area contributed by atoms with E-state index in [9.17, 15) is 19.8 Å². The van der Waals surface area contributed by atoms with Gasteiger partial charge in [-0.05, 0) is 36.8 Å². The van der Waals surface area contributed by atoms with Gasteiger partial charge in [0.15, 0.2) is 11.5 Å². The Labute approximate surface area is 158 Å². The van der Waals surface area contributed by atoms with E-state index in [1.54, 1.807) is 31.2 Å². The Morgan fingerprint density at radius 2 is 1.71 bits per heavy atom. The van der Waals surface area contributed by atoms with E-state index in [1.807, 2.05) is 0 Å². The highest BCUT2D eigenvalue weighted by atomic mass is 16.7. The molecular weight excluding hydrogens is 364 g/mol. The molecule has 1 aliphatic carbocycles. The maximum atomic E-state index is 12.9. The maximum absolute atomic E-state index is 12.9. The third kappa shape index (κ3) is 2.14. The third-order valence-corrected chi connectivity index (χ3v) is 4.93. The summed E-state index contributed by atoms with van der Waals surface area (Å²) in [5.74, 6) is -0.925. The summed E-state index contributed by atoms with van der Waals surface area (Å²) < 4.78 is 11.7. The van der Waals surface area contributed by atoms with E-state index < -0.39 is 23.3 Å². The highest BCUT2D eigenvalue weighted by Crippen LogP contribution is 2.41. The Morgan fingerprint density at radius 3 is 2.50 bits per heavy atom. The predicted molar refractivity (Wildman–Crippen MR) is 95.3 cm³/mol. The lowest BCUT2D eigenvalue weighted by Gasteiger charge is -2.13. The molecule has 2 N–H and O–H groups in total. The molecule has 0 unspecified atom stereocenters. The first kappa shape index (κ1) is 16.4. The van der Waals surface area contributed by atoms with E-state index >= 15 is 0 Å². The van der Waals surface area contributed by atoms with Crippen LogP contribution in [0.4, 0.5) is 0 Å². The fraction of sp³-hybridized carbons (Fsp3) is 0.150. The number of aromatic nitrogens is 2. The van der Waals surface area contributed by atoms with Crippen molar-refractivity contribution in [3.63, 3.8) is 0 Å². The van der Waals surface area contributed by atoms with Crippen LogP contribution in [-0.4, -0.2) is 38.1 Å². The molecule has 28 heavy (non-hydrogen) atoms. The monoisotopic (exact) mass is 378 g/mol. The molecule has 3 heterocycles. The Kier molecular flexibility index (Phi) is 3.27. The lowest BCUT2D eigenvalue weighted by molar-refractivity contribution is 0.0972. The molecular formula is C20H14N2O6. The van der Waals surface area contributed by atoms with Crippen molar-refractivity contribution in [1.82, 2.24) is 9.55 Å². The summed E-state index contributed by atoms with van der Waals surface area (Å²) in [4.78, 5) is 29.9. The van der Waals surface area contributed by atoms with E-state index in [0.29, 0.717) is 22.8 Å². The molecule has 2 aliphatic rings. The molecule has 0 bridgehead atoms. The minimum absolute atomic E-state index is 0.0203. The van der Waals surface area contributed by atoms with Crippen LogP contribution in [-0.2, 0) is 6.54 Å². The zero-order valence-electron chi connectivity index (χ0n) is 14.7. The van der Waals surface area contributed by atoms with Crippen LogP contribution in [0.1, 0.15) is 43.2 Å². The minimum atomic E-state index is -0.592. The molecule has 0 saturated carbocycles. The summed E-state index contributed by atoms with van der Waals surface area (Å²) in [6.07, 6.45) is 0. The van der Waals surface area contributed by atoms with Crippen molar-refractivity contribution in [2.24, 2.45) is 0 Å². The summed E-state index contributed by atoms with van der Waals surface area (Å²) in [6, 6.07) is 8.30. The number of aryl methyl sites for hydroxylation is 1. The minimum Gasteiger partial charge on any atom is -0.494 e. The van der Waals surface area contributed by atoms with Gasteiger partial charge in [0.25, 0.3) is 0 Å². The number of ketones is 2. The Morgan fingerprint density at radius 1 is 1.00 bits per heavy atom. The fourth-order valence-corrected chi connectivity index (χ4v) is 3.56. The van der Waals surface area contributed by atoms with Crippen LogP contribution in [0.15, 0.2) is 30.3 Å². The molecule has 140 valence electrons. The van der Waals surface area contributed by atoms with Crippen molar-refractivity contribution < 1.29 is 29.3 Å². The molecule has 2 aromatic heterocycles. The lowest BCUT2D eigenvalue weighted by atomic mass is 9.89. The number of benzene rings is 1. The number of aromatic hydroxyl groups is 2. The normalized spacial score (nSPS) is 14.2. The van der Waals surface area contributed by atoms with Gasteiger partial charge in [-0.1, -0.05) is 6.07 Å². The van der Waals surface area contributed by atoms with Crippen LogP contribution in [0.25, 0.3) is 0 Å². The SMILES string of the molecule is Cc1ccc2c(n1)C(=O)c1c(c(O)n(Cc3ccc4c(c3)OCO4)c1O)C2=O. The summed E-state index contributed by atoms with van der Waals surface area (Å²) >= 11 is 0. The van der Waals surface area contributed by atoms with Crippen LogP contribution in [0, 0.1) is 6.92 Å². The number of ether oxygens (including phenoxy) is 2. The van der Waals surface area contributed by atoms with Crippen LogP contribution in [0.2, 0.25) is 0 Å². The van der Waals surface area contributed by atoms with Gasteiger partial charge in [0.2, 0.25) is 30.1 Å². The molecule has 0 saturated heterocycles. The Balaban J connectivity index is 1.62. The quantitative estimate of drug-likeness (QED) is 0.550. The van der Waals surface area contributed by atoms with Crippen molar-refractivity contribution in [3.8, 4) is 23.3 Å². The molecule has 0 radical (unpaired) electrons. The second-order valence-electron chi connectivity index (χ2n) is 6.68. The summed E-state index contributed by atoms with van der Waals surface area (Å²) in [7, 11) is 0. The first-order valence-electron chi connectivity index (χ1n) is 8.55. The van der Waals surface area contributed by atoms with E-state index in [0.717, 1.165) is 4.57 Å². The molecule has 1 aliphatic heterocycles. The van der Waals surface area contributed by atoms with Crippen LogP contribution in [0.5, 0.6) is 23.3 Å². The van der Waals surface area contributed by atoms with Gasteiger partial charge in [0.1, 0.15) is 11.3 Å². The topological polar surface area (TPSA) is 111 Å². The van der Waals surface area contributed by atoms with Gasteiger partial charge in [-0.3, -0.25) is 14.2 Å². The lowest BCUT2D eigenvalue weighted by Crippen LogP contribution is -2.21. The van der Waals surface area contributed by atoms with Gasteiger partial charge in [-0.2, -0.15) is 0 Å². The van der Waals surface area contributed by atoms with E-state index in [-0.39, 0.29) is 35.7 Å². The summed E-state index contributed by atoms with van der Waals surface area (Å²) in [6.45, 7) is 1.86. The Hall–Kier alpha value is -3.81. The molecule has 3 aromatic rings. The van der Waals surface area contributed by atoms with Crippen LogP contribution < -0.4 is 9.47 Å². The van der Waals surface area contributed by atoms with Gasteiger partial charge in [-0.15, -0.1) is 0 Å². The fourth-order valence-electron chi connectivity index (χ4n) is 3.56. The van der Waals surface area contributed by atoms with Gasteiger partial charge in [0.05, 0.1) is 17.7 Å². The van der Waals surface area contributed by atoms with Crippen LogP contribution in [0.3, 0.4) is 0 Å². The van der Waals surface area contributed by atoms with E-state index in [1.165, 1.54) is 6.07 Å². The van der Waals surface area contributed by atoms with E-state index in [4.69, 9.17) is 9.47 Å². The number of fused-ring (bicyclic) bond motifs is 3. The molecule has 0 amide bonds. The average Bonchev–Trinajstić information content (AvgIpc) is 3.24. The largest absolute Gasteiger partial charge is 0.494 e. The van der Waals surface area contributed by atoms with Crippen molar-refractivity contribution in [2.75, 3.05) is 6.79 Å². The zero-order chi connectivity index (χ0) is 19.6. The predicted octanol–water partition coefficient (Wildman–Crippen LogP) is 2.16. The number of hydrogen-bond acceptors (Lipinski definition) is 7. The number of carbonyl (C=O) groups excluding carboxylic acids is 2. The Bertz CT molecular complexity index is 1190. The first-order chi connectivity index (χ1) is 13.5. The van der Waals surface area contributed by atoms with Gasteiger partial charge in [0, 0.05) is 5.69 Å². The van der Waals surface area contributed by atoms with Gasteiger partial charge in [-0.25, -0.2) is 4.98 Å². The molecule has 0 spiro atoms. The molecule has 0 fully saturated rings.